The molecule has 0 spiro atoms. The summed E-state index contributed by atoms with van der Waals surface area (Å²) < 4.78 is 1.85. The number of benzene rings is 1. The van der Waals surface area contributed by atoms with E-state index in [-0.39, 0.29) is 5.56 Å². The monoisotopic (exact) mass is 248 g/mol. The molecule has 17 heavy (non-hydrogen) atoms. The largest absolute Gasteiger partial charge is 0.268 e. The van der Waals surface area contributed by atoms with E-state index in [4.69, 9.17) is 11.6 Å². The number of fused-ring (bicyclic) bond motifs is 1. The summed E-state index contributed by atoms with van der Waals surface area (Å²) in [4.78, 5) is 11.8. The number of halogens is 1. The van der Waals surface area contributed by atoms with E-state index in [9.17, 15) is 4.79 Å². The molecule has 1 N–H and O–H groups in total. The van der Waals surface area contributed by atoms with Crippen LogP contribution in [-0.2, 0) is 12.8 Å². The molecule has 1 heterocycles. The first-order valence-electron chi connectivity index (χ1n) is 5.85. The van der Waals surface area contributed by atoms with E-state index in [1.165, 1.54) is 0 Å². The van der Waals surface area contributed by atoms with Crippen molar-refractivity contribution in [1.82, 2.24) is 9.78 Å². The minimum absolute atomic E-state index is 0.0274. The minimum atomic E-state index is 0.0274. The maximum atomic E-state index is 11.8. The van der Waals surface area contributed by atoms with Crippen LogP contribution in [0.2, 0.25) is 5.02 Å². The summed E-state index contributed by atoms with van der Waals surface area (Å²) in [5, 5.41) is 3.55. The number of aromatic amines is 1. The van der Waals surface area contributed by atoms with E-state index in [1.54, 1.807) is 0 Å². The quantitative estimate of drug-likeness (QED) is 0.828. The van der Waals surface area contributed by atoms with E-state index in [0.29, 0.717) is 5.02 Å². The summed E-state index contributed by atoms with van der Waals surface area (Å²) in [5.41, 5.74) is 2.90. The summed E-state index contributed by atoms with van der Waals surface area (Å²) in [7, 11) is 0. The third kappa shape index (κ3) is 1.71. The SMILES string of the molecule is O=c1[nH]n(-c2ccccc2Cl)c2c1CCCC2. The van der Waals surface area contributed by atoms with Gasteiger partial charge in [-0.2, -0.15) is 0 Å². The van der Waals surface area contributed by atoms with Gasteiger partial charge in [-0.05, 0) is 37.8 Å². The Kier molecular flexibility index (Phi) is 2.56. The van der Waals surface area contributed by atoms with Crippen molar-refractivity contribution in [2.45, 2.75) is 25.7 Å². The smallest absolute Gasteiger partial charge is 0.267 e. The highest BCUT2D eigenvalue weighted by atomic mass is 35.5. The van der Waals surface area contributed by atoms with Crippen molar-refractivity contribution in [1.29, 1.82) is 0 Å². The molecule has 1 aliphatic carbocycles. The highest BCUT2D eigenvalue weighted by Gasteiger charge is 2.19. The number of aromatic nitrogens is 2. The fraction of sp³-hybridized carbons (Fsp3) is 0.308. The Morgan fingerprint density at radius 2 is 1.94 bits per heavy atom. The van der Waals surface area contributed by atoms with Crippen LogP contribution in [0.25, 0.3) is 5.69 Å². The second kappa shape index (κ2) is 4.08. The zero-order valence-electron chi connectivity index (χ0n) is 9.37. The van der Waals surface area contributed by atoms with E-state index in [2.05, 4.69) is 5.10 Å². The van der Waals surface area contributed by atoms with Crippen LogP contribution in [0.4, 0.5) is 0 Å². The summed E-state index contributed by atoms with van der Waals surface area (Å²) in [5.74, 6) is 0. The topological polar surface area (TPSA) is 37.8 Å². The Morgan fingerprint density at radius 1 is 1.18 bits per heavy atom. The molecule has 0 saturated heterocycles. The van der Waals surface area contributed by atoms with Crippen molar-refractivity contribution in [2.75, 3.05) is 0 Å². The lowest BCUT2D eigenvalue weighted by Gasteiger charge is -2.14. The molecule has 1 aliphatic rings. The lowest BCUT2D eigenvalue weighted by atomic mass is 9.98. The molecule has 2 aromatic rings. The van der Waals surface area contributed by atoms with Crippen LogP contribution in [0.1, 0.15) is 24.1 Å². The predicted octanol–water partition coefficient (Wildman–Crippen LogP) is 2.70. The average molecular weight is 249 g/mol. The van der Waals surface area contributed by atoms with Gasteiger partial charge >= 0.3 is 0 Å². The van der Waals surface area contributed by atoms with Gasteiger partial charge in [0.2, 0.25) is 0 Å². The van der Waals surface area contributed by atoms with E-state index in [0.717, 1.165) is 42.6 Å². The van der Waals surface area contributed by atoms with Gasteiger partial charge in [-0.3, -0.25) is 14.6 Å². The normalized spacial score (nSPS) is 14.6. The zero-order chi connectivity index (χ0) is 11.8. The van der Waals surface area contributed by atoms with Crippen LogP contribution in [-0.4, -0.2) is 9.78 Å². The summed E-state index contributed by atoms with van der Waals surface area (Å²) >= 11 is 6.17. The number of rotatable bonds is 1. The molecule has 0 bridgehead atoms. The molecule has 3 rings (SSSR count). The Morgan fingerprint density at radius 3 is 2.76 bits per heavy atom. The highest BCUT2D eigenvalue weighted by molar-refractivity contribution is 6.32. The fourth-order valence-electron chi connectivity index (χ4n) is 2.46. The van der Waals surface area contributed by atoms with Gasteiger partial charge < -0.3 is 0 Å². The van der Waals surface area contributed by atoms with Crippen molar-refractivity contribution in [3.8, 4) is 5.69 Å². The number of hydrogen-bond donors (Lipinski definition) is 1. The van der Waals surface area contributed by atoms with Crippen molar-refractivity contribution in [3.05, 3.63) is 50.9 Å². The Bertz CT molecular complexity index is 612. The molecule has 0 fully saturated rings. The predicted molar refractivity (Wildman–Crippen MR) is 68.0 cm³/mol. The second-order valence-electron chi connectivity index (χ2n) is 4.36. The second-order valence-corrected chi connectivity index (χ2v) is 4.77. The number of H-pyrrole nitrogens is 1. The standard InChI is InChI=1S/C13H13ClN2O/c14-10-6-2-4-8-12(10)16-11-7-3-1-5-9(11)13(17)15-16/h2,4,6,8H,1,3,5,7H2,(H,15,17). The third-order valence-electron chi connectivity index (χ3n) is 3.29. The van der Waals surface area contributed by atoms with Crippen LogP contribution in [0.5, 0.6) is 0 Å². The van der Waals surface area contributed by atoms with Gasteiger partial charge in [-0.25, -0.2) is 0 Å². The summed E-state index contributed by atoms with van der Waals surface area (Å²) in [6, 6.07) is 7.58. The number of hydrogen-bond acceptors (Lipinski definition) is 1. The summed E-state index contributed by atoms with van der Waals surface area (Å²) in [6.07, 6.45) is 4.05. The first-order valence-corrected chi connectivity index (χ1v) is 6.23. The fourth-order valence-corrected chi connectivity index (χ4v) is 2.68. The van der Waals surface area contributed by atoms with Crippen LogP contribution in [0.15, 0.2) is 29.1 Å². The van der Waals surface area contributed by atoms with Gasteiger partial charge in [0, 0.05) is 11.3 Å². The van der Waals surface area contributed by atoms with Gasteiger partial charge in [-0.1, -0.05) is 23.7 Å². The first kappa shape index (κ1) is 10.7. The van der Waals surface area contributed by atoms with Crippen molar-refractivity contribution in [3.63, 3.8) is 0 Å². The maximum absolute atomic E-state index is 11.8. The van der Waals surface area contributed by atoms with Crippen molar-refractivity contribution >= 4 is 11.6 Å². The molecular formula is C13H13ClN2O. The van der Waals surface area contributed by atoms with Crippen LogP contribution in [0.3, 0.4) is 0 Å². The highest BCUT2D eigenvalue weighted by Crippen LogP contribution is 2.24. The third-order valence-corrected chi connectivity index (χ3v) is 3.61. The van der Waals surface area contributed by atoms with Crippen LogP contribution >= 0.6 is 11.6 Å². The molecule has 0 saturated carbocycles. The molecular weight excluding hydrogens is 236 g/mol. The lowest BCUT2D eigenvalue weighted by Crippen LogP contribution is -2.10. The van der Waals surface area contributed by atoms with Crippen LogP contribution < -0.4 is 5.56 Å². The molecule has 0 aliphatic heterocycles. The number of nitrogens with one attached hydrogen (secondary N) is 1. The van der Waals surface area contributed by atoms with Gasteiger partial charge in [0.25, 0.3) is 5.56 Å². The Balaban J connectivity index is 2.22. The van der Waals surface area contributed by atoms with E-state index >= 15 is 0 Å². The average Bonchev–Trinajstić information content (AvgIpc) is 2.68. The maximum Gasteiger partial charge on any atom is 0.267 e. The molecule has 1 aromatic heterocycles. The lowest BCUT2D eigenvalue weighted by molar-refractivity contribution is 0.653. The minimum Gasteiger partial charge on any atom is -0.268 e. The molecule has 0 unspecified atom stereocenters. The zero-order valence-corrected chi connectivity index (χ0v) is 10.1. The van der Waals surface area contributed by atoms with Gasteiger partial charge in [0.15, 0.2) is 0 Å². The van der Waals surface area contributed by atoms with E-state index < -0.39 is 0 Å². The molecule has 0 radical (unpaired) electrons. The first-order chi connectivity index (χ1) is 8.27. The van der Waals surface area contributed by atoms with Crippen molar-refractivity contribution < 1.29 is 0 Å². The van der Waals surface area contributed by atoms with Gasteiger partial charge in [0.05, 0.1) is 10.7 Å². The van der Waals surface area contributed by atoms with E-state index in [1.807, 2.05) is 28.9 Å². The van der Waals surface area contributed by atoms with Gasteiger partial charge in [0.1, 0.15) is 0 Å². The van der Waals surface area contributed by atoms with Crippen LogP contribution in [0, 0.1) is 0 Å². The number of nitrogens with zero attached hydrogens (tertiary/aromatic N) is 1. The molecule has 0 atom stereocenters. The number of para-hydroxylation sites is 1. The molecule has 88 valence electrons. The van der Waals surface area contributed by atoms with Gasteiger partial charge in [-0.15, -0.1) is 0 Å². The molecule has 4 heteroatoms. The Labute approximate surface area is 104 Å². The van der Waals surface area contributed by atoms with Crippen molar-refractivity contribution in [2.24, 2.45) is 0 Å². The summed E-state index contributed by atoms with van der Waals surface area (Å²) in [6.45, 7) is 0. The Hall–Kier alpha value is -1.48. The molecule has 1 aromatic carbocycles. The molecule has 0 amide bonds. The molecule has 3 nitrogen and oxygen atoms in total.